The van der Waals surface area contributed by atoms with Crippen LogP contribution in [0.3, 0.4) is 0 Å². The van der Waals surface area contributed by atoms with Crippen LogP contribution in [-0.4, -0.2) is 51.0 Å². The first-order valence-corrected chi connectivity index (χ1v) is 11.3. The van der Waals surface area contributed by atoms with E-state index in [1.54, 1.807) is 42.5 Å². The molecule has 0 aliphatic carbocycles. The first-order valence-electron chi connectivity index (χ1n) is 10.3. The highest BCUT2D eigenvalue weighted by Crippen LogP contribution is 2.34. The topological polar surface area (TPSA) is 108 Å². The number of fused-ring (bicyclic) bond motifs is 1. The third-order valence-electron chi connectivity index (χ3n) is 5.24. The molecule has 2 aliphatic rings. The van der Waals surface area contributed by atoms with Crippen molar-refractivity contribution < 1.29 is 24.1 Å². The summed E-state index contributed by atoms with van der Waals surface area (Å²) in [5.74, 6) is 2.17. The molecular weight excluding hydrogens is 432 g/mol. The number of thioether (sulfide) groups is 1. The SMILES string of the molecule is O=C(CSc1nnc(-c2ccc(O)cc2)n1C[C@H]1CCCO1)Nc1ccc2c(c1)OCO2. The molecule has 5 rings (SSSR count). The zero-order valence-corrected chi connectivity index (χ0v) is 18.0. The van der Waals surface area contributed by atoms with Crippen LogP contribution in [0.1, 0.15) is 12.8 Å². The Kier molecular flexibility index (Phi) is 5.87. The minimum absolute atomic E-state index is 0.0867. The van der Waals surface area contributed by atoms with Crippen molar-refractivity contribution in [3.63, 3.8) is 0 Å². The maximum atomic E-state index is 12.5. The molecular formula is C22H22N4O5S. The zero-order chi connectivity index (χ0) is 21.9. The van der Waals surface area contributed by atoms with E-state index in [0.717, 1.165) is 25.0 Å². The van der Waals surface area contributed by atoms with Gasteiger partial charge in [0.2, 0.25) is 12.7 Å². The van der Waals surface area contributed by atoms with Crippen LogP contribution in [0.4, 0.5) is 5.69 Å². The summed E-state index contributed by atoms with van der Waals surface area (Å²) in [6, 6.07) is 12.1. The number of phenolic OH excluding ortho intramolecular Hbond substituents is 1. The van der Waals surface area contributed by atoms with Gasteiger partial charge >= 0.3 is 0 Å². The number of phenols is 1. The van der Waals surface area contributed by atoms with Crippen molar-refractivity contribution in [1.29, 1.82) is 0 Å². The summed E-state index contributed by atoms with van der Waals surface area (Å²) in [5, 5.41) is 21.8. The fourth-order valence-electron chi connectivity index (χ4n) is 3.68. The van der Waals surface area contributed by atoms with Gasteiger partial charge in [-0.1, -0.05) is 11.8 Å². The Hall–Kier alpha value is -3.24. The molecule has 10 heteroatoms. The molecule has 0 saturated carbocycles. The molecule has 166 valence electrons. The summed E-state index contributed by atoms with van der Waals surface area (Å²) in [5.41, 5.74) is 1.48. The summed E-state index contributed by atoms with van der Waals surface area (Å²) >= 11 is 1.32. The van der Waals surface area contributed by atoms with Gasteiger partial charge in [-0.2, -0.15) is 0 Å². The second kappa shape index (κ2) is 9.09. The number of nitrogens with one attached hydrogen (secondary N) is 1. The highest BCUT2D eigenvalue weighted by Gasteiger charge is 2.22. The summed E-state index contributed by atoms with van der Waals surface area (Å²) in [6.45, 7) is 1.55. The first-order chi connectivity index (χ1) is 15.7. The first kappa shape index (κ1) is 20.7. The van der Waals surface area contributed by atoms with E-state index in [-0.39, 0.29) is 30.3 Å². The fraction of sp³-hybridized carbons (Fsp3) is 0.318. The highest BCUT2D eigenvalue weighted by atomic mass is 32.2. The molecule has 2 N–H and O–H groups in total. The Morgan fingerprint density at radius 3 is 2.81 bits per heavy atom. The standard InChI is InChI=1S/C22H22N4O5S/c27-16-6-3-14(4-7-16)21-24-25-22(26(21)11-17-2-1-9-29-17)32-12-20(28)23-15-5-8-18-19(10-15)31-13-30-18/h3-8,10,17,27H,1-2,9,11-13H2,(H,23,28)/t17-/m1/s1. The smallest absolute Gasteiger partial charge is 0.234 e. The lowest BCUT2D eigenvalue weighted by Crippen LogP contribution is -2.18. The molecule has 0 spiro atoms. The predicted octanol–water partition coefficient (Wildman–Crippen LogP) is 3.29. The zero-order valence-electron chi connectivity index (χ0n) is 17.2. The van der Waals surface area contributed by atoms with Gasteiger partial charge < -0.3 is 24.6 Å². The number of carbonyl (C=O) groups excluding carboxylic acids is 1. The van der Waals surface area contributed by atoms with Gasteiger partial charge in [0.1, 0.15) is 5.75 Å². The lowest BCUT2D eigenvalue weighted by atomic mass is 10.2. The number of anilines is 1. The Bertz CT molecular complexity index is 1110. The quantitative estimate of drug-likeness (QED) is 0.524. The molecule has 0 bridgehead atoms. The van der Waals surface area contributed by atoms with Crippen molar-refractivity contribution in [3.8, 4) is 28.6 Å². The van der Waals surface area contributed by atoms with Crippen LogP contribution in [0.15, 0.2) is 47.6 Å². The lowest BCUT2D eigenvalue weighted by molar-refractivity contribution is -0.113. The van der Waals surface area contributed by atoms with Crippen molar-refractivity contribution in [1.82, 2.24) is 14.8 Å². The number of hydrogen-bond donors (Lipinski definition) is 2. The fourth-order valence-corrected chi connectivity index (χ4v) is 4.43. The van der Waals surface area contributed by atoms with E-state index in [2.05, 4.69) is 15.5 Å². The maximum absolute atomic E-state index is 12.5. The summed E-state index contributed by atoms with van der Waals surface area (Å²) in [4.78, 5) is 12.5. The Morgan fingerprint density at radius 1 is 1.16 bits per heavy atom. The second-order valence-corrected chi connectivity index (χ2v) is 8.45. The van der Waals surface area contributed by atoms with E-state index in [1.807, 2.05) is 4.57 Å². The van der Waals surface area contributed by atoms with Gasteiger partial charge in [-0.3, -0.25) is 9.36 Å². The van der Waals surface area contributed by atoms with Gasteiger partial charge in [0.05, 0.1) is 18.4 Å². The average Bonchev–Trinajstić information content (AvgIpc) is 3.54. The van der Waals surface area contributed by atoms with Crippen molar-refractivity contribution in [2.45, 2.75) is 30.6 Å². The molecule has 2 aliphatic heterocycles. The number of carbonyl (C=O) groups is 1. The number of aromatic hydroxyl groups is 1. The molecule has 0 radical (unpaired) electrons. The second-order valence-electron chi connectivity index (χ2n) is 7.50. The van der Waals surface area contributed by atoms with Crippen molar-refractivity contribution in [3.05, 3.63) is 42.5 Å². The Labute approximate surface area is 188 Å². The van der Waals surface area contributed by atoms with Gasteiger partial charge in [0.25, 0.3) is 0 Å². The van der Waals surface area contributed by atoms with Gasteiger partial charge in [0, 0.05) is 23.9 Å². The maximum Gasteiger partial charge on any atom is 0.234 e. The van der Waals surface area contributed by atoms with Crippen LogP contribution in [-0.2, 0) is 16.1 Å². The highest BCUT2D eigenvalue weighted by molar-refractivity contribution is 7.99. The van der Waals surface area contributed by atoms with E-state index in [4.69, 9.17) is 14.2 Å². The molecule has 1 amide bonds. The van der Waals surface area contributed by atoms with Crippen LogP contribution in [0.5, 0.6) is 17.2 Å². The predicted molar refractivity (Wildman–Crippen MR) is 118 cm³/mol. The summed E-state index contributed by atoms with van der Waals surface area (Å²) in [7, 11) is 0. The molecule has 1 fully saturated rings. The van der Waals surface area contributed by atoms with Crippen LogP contribution in [0, 0.1) is 0 Å². The van der Waals surface area contributed by atoms with E-state index in [1.165, 1.54) is 11.8 Å². The number of ether oxygens (including phenoxy) is 3. The average molecular weight is 455 g/mol. The Morgan fingerprint density at radius 2 is 2.00 bits per heavy atom. The van der Waals surface area contributed by atoms with E-state index < -0.39 is 0 Å². The van der Waals surface area contributed by atoms with Crippen LogP contribution < -0.4 is 14.8 Å². The van der Waals surface area contributed by atoms with E-state index in [0.29, 0.717) is 34.7 Å². The summed E-state index contributed by atoms with van der Waals surface area (Å²) < 4.78 is 18.4. The molecule has 0 unspecified atom stereocenters. The van der Waals surface area contributed by atoms with Crippen LogP contribution in [0.2, 0.25) is 0 Å². The monoisotopic (exact) mass is 454 g/mol. The van der Waals surface area contributed by atoms with Gasteiger partial charge in [-0.05, 0) is 49.2 Å². The summed E-state index contributed by atoms with van der Waals surface area (Å²) in [6.07, 6.45) is 2.09. The van der Waals surface area contributed by atoms with Gasteiger partial charge in [-0.15, -0.1) is 10.2 Å². The minimum atomic E-state index is -0.160. The molecule has 3 heterocycles. The number of amides is 1. The Balaban J connectivity index is 1.30. The number of benzene rings is 2. The van der Waals surface area contributed by atoms with Gasteiger partial charge in [-0.25, -0.2) is 0 Å². The van der Waals surface area contributed by atoms with Gasteiger partial charge in [0.15, 0.2) is 22.5 Å². The normalized spacial score (nSPS) is 16.9. The molecule has 1 aromatic heterocycles. The van der Waals surface area contributed by atoms with Crippen LogP contribution in [0.25, 0.3) is 11.4 Å². The molecule has 3 aromatic rings. The van der Waals surface area contributed by atoms with E-state index in [9.17, 15) is 9.90 Å². The third-order valence-corrected chi connectivity index (χ3v) is 6.21. The molecule has 32 heavy (non-hydrogen) atoms. The largest absolute Gasteiger partial charge is 0.508 e. The third kappa shape index (κ3) is 4.51. The van der Waals surface area contributed by atoms with Crippen molar-refractivity contribution in [2.75, 3.05) is 24.5 Å². The van der Waals surface area contributed by atoms with E-state index >= 15 is 0 Å². The molecule has 1 saturated heterocycles. The number of hydrogen-bond acceptors (Lipinski definition) is 8. The minimum Gasteiger partial charge on any atom is -0.508 e. The molecule has 9 nitrogen and oxygen atoms in total. The van der Waals surface area contributed by atoms with Crippen molar-refractivity contribution in [2.24, 2.45) is 0 Å². The number of rotatable bonds is 7. The molecule has 2 aromatic carbocycles. The lowest BCUT2D eigenvalue weighted by Gasteiger charge is -2.14. The van der Waals surface area contributed by atoms with Crippen molar-refractivity contribution >= 4 is 23.4 Å². The number of aromatic nitrogens is 3. The molecule has 1 atom stereocenters. The van der Waals surface area contributed by atoms with Crippen LogP contribution >= 0.6 is 11.8 Å². The number of nitrogens with zero attached hydrogens (tertiary/aromatic N) is 3.